The molecule has 0 fully saturated rings. The fraction of sp³-hybridized carbons (Fsp3) is 0.278. The highest BCUT2D eigenvalue weighted by Crippen LogP contribution is 2.15. The zero-order chi connectivity index (χ0) is 16.7. The zero-order valence-electron chi connectivity index (χ0n) is 13.0. The molecular weight excluding hydrogens is 356 g/mol. The van der Waals surface area contributed by atoms with Gasteiger partial charge in [0.1, 0.15) is 0 Å². The molecule has 3 N–H and O–H groups in total. The van der Waals surface area contributed by atoms with Crippen LogP contribution in [0.2, 0.25) is 0 Å². The minimum absolute atomic E-state index is 0.0242. The lowest BCUT2D eigenvalue weighted by atomic mass is 10.1. The summed E-state index contributed by atoms with van der Waals surface area (Å²) < 4.78 is 0.973. The third-order valence-corrected chi connectivity index (χ3v) is 3.99. The number of hydrogen-bond acceptors (Lipinski definition) is 3. The second-order valence-electron chi connectivity index (χ2n) is 5.49. The molecule has 0 bridgehead atoms. The van der Waals surface area contributed by atoms with Crippen LogP contribution in [-0.2, 0) is 4.79 Å². The van der Waals surface area contributed by atoms with Crippen LogP contribution in [0.15, 0.2) is 59.1 Å². The van der Waals surface area contributed by atoms with Gasteiger partial charge in [0.05, 0.1) is 6.10 Å². The molecule has 2 aromatic rings. The maximum absolute atomic E-state index is 12.0. The largest absolute Gasteiger partial charge is 0.387 e. The molecule has 5 heteroatoms. The van der Waals surface area contributed by atoms with E-state index in [2.05, 4.69) is 26.6 Å². The molecule has 0 radical (unpaired) electrons. The molecule has 0 aromatic heterocycles. The number of aliphatic hydroxyl groups excluding tert-OH is 1. The highest BCUT2D eigenvalue weighted by Gasteiger charge is 2.12. The van der Waals surface area contributed by atoms with Gasteiger partial charge < -0.3 is 15.7 Å². The number of carbonyl (C=O) groups excluding carboxylic acids is 1. The van der Waals surface area contributed by atoms with Gasteiger partial charge in [-0.1, -0.05) is 46.3 Å². The molecule has 0 aliphatic rings. The highest BCUT2D eigenvalue weighted by molar-refractivity contribution is 9.10. The molecule has 2 atom stereocenters. The summed E-state index contributed by atoms with van der Waals surface area (Å²) in [5.74, 6) is -0.0541. The smallest absolute Gasteiger partial charge is 0.225 e. The van der Waals surface area contributed by atoms with Crippen molar-refractivity contribution in [3.8, 4) is 0 Å². The van der Waals surface area contributed by atoms with Gasteiger partial charge in [-0.2, -0.15) is 0 Å². The van der Waals surface area contributed by atoms with Gasteiger partial charge >= 0.3 is 0 Å². The van der Waals surface area contributed by atoms with E-state index in [9.17, 15) is 9.90 Å². The lowest BCUT2D eigenvalue weighted by molar-refractivity contribution is -0.116. The van der Waals surface area contributed by atoms with Crippen molar-refractivity contribution in [3.05, 3.63) is 64.6 Å². The summed E-state index contributed by atoms with van der Waals surface area (Å²) >= 11 is 3.36. The Hall–Kier alpha value is -1.69. The van der Waals surface area contributed by atoms with Crippen LogP contribution in [-0.4, -0.2) is 23.6 Å². The summed E-state index contributed by atoms with van der Waals surface area (Å²) in [6.07, 6.45) is -0.231. The van der Waals surface area contributed by atoms with Crippen molar-refractivity contribution in [2.24, 2.45) is 0 Å². The van der Waals surface area contributed by atoms with Gasteiger partial charge in [-0.25, -0.2) is 0 Å². The Balaban J connectivity index is 1.74. The van der Waals surface area contributed by atoms with Gasteiger partial charge in [0, 0.05) is 29.2 Å². The van der Waals surface area contributed by atoms with Gasteiger partial charge in [0.15, 0.2) is 0 Å². The van der Waals surface area contributed by atoms with Crippen LogP contribution in [0.4, 0.5) is 5.69 Å². The van der Waals surface area contributed by atoms with Crippen molar-refractivity contribution >= 4 is 27.5 Å². The summed E-state index contributed by atoms with van der Waals surface area (Å²) in [5, 5.41) is 16.1. The molecule has 2 unspecified atom stereocenters. The quantitative estimate of drug-likeness (QED) is 0.692. The van der Waals surface area contributed by atoms with E-state index in [4.69, 9.17) is 0 Å². The van der Waals surface area contributed by atoms with Crippen LogP contribution in [0.3, 0.4) is 0 Å². The summed E-state index contributed by atoms with van der Waals surface area (Å²) in [6, 6.07) is 16.9. The highest BCUT2D eigenvalue weighted by atomic mass is 79.9. The van der Waals surface area contributed by atoms with Crippen molar-refractivity contribution in [2.45, 2.75) is 25.5 Å². The first-order valence-electron chi connectivity index (χ1n) is 7.56. The third-order valence-electron chi connectivity index (χ3n) is 3.46. The summed E-state index contributed by atoms with van der Waals surface area (Å²) in [6.45, 7) is 2.34. The minimum Gasteiger partial charge on any atom is -0.387 e. The van der Waals surface area contributed by atoms with Gasteiger partial charge in [-0.15, -0.1) is 0 Å². The van der Waals surface area contributed by atoms with Gasteiger partial charge in [-0.3, -0.25) is 4.79 Å². The van der Waals surface area contributed by atoms with Crippen molar-refractivity contribution < 1.29 is 9.90 Å². The first-order valence-corrected chi connectivity index (χ1v) is 8.35. The van der Waals surface area contributed by atoms with E-state index in [0.29, 0.717) is 13.0 Å². The van der Waals surface area contributed by atoms with Gasteiger partial charge in [0.25, 0.3) is 0 Å². The van der Waals surface area contributed by atoms with E-state index in [1.54, 1.807) is 0 Å². The van der Waals surface area contributed by atoms with Crippen molar-refractivity contribution in [3.63, 3.8) is 0 Å². The molecule has 23 heavy (non-hydrogen) atoms. The molecule has 0 spiro atoms. The molecule has 0 saturated carbocycles. The van der Waals surface area contributed by atoms with Crippen LogP contribution in [0, 0.1) is 0 Å². The van der Waals surface area contributed by atoms with Crippen LogP contribution in [0.25, 0.3) is 0 Å². The third kappa shape index (κ3) is 6.14. The summed E-state index contributed by atoms with van der Waals surface area (Å²) in [5.41, 5.74) is 1.64. The van der Waals surface area contributed by atoms with E-state index in [1.165, 1.54) is 0 Å². The van der Waals surface area contributed by atoms with E-state index in [-0.39, 0.29) is 11.9 Å². The fourth-order valence-corrected chi connectivity index (χ4v) is 2.47. The topological polar surface area (TPSA) is 61.4 Å². The normalized spacial score (nSPS) is 13.3. The number of benzene rings is 2. The number of anilines is 1. The molecule has 1 amide bonds. The number of nitrogens with one attached hydrogen (secondary N) is 2. The van der Waals surface area contributed by atoms with E-state index in [1.807, 2.05) is 61.5 Å². The number of amides is 1. The first-order chi connectivity index (χ1) is 11.0. The predicted molar refractivity (Wildman–Crippen MR) is 96.3 cm³/mol. The summed E-state index contributed by atoms with van der Waals surface area (Å²) in [7, 11) is 0. The first kappa shape index (κ1) is 17.7. The Morgan fingerprint density at radius 2 is 1.78 bits per heavy atom. The molecule has 122 valence electrons. The molecule has 0 saturated heterocycles. The Bertz CT molecular complexity index is 617. The fourth-order valence-electron chi connectivity index (χ4n) is 2.20. The lowest BCUT2D eigenvalue weighted by Crippen LogP contribution is -2.33. The number of hydrogen-bond donors (Lipinski definition) is 3. The monoisotopic (exact) mass is 376 g/mol. The SMILES string of the molecule is CC(CC(=O)Nc1ccc(Br)cc1)NCC(O)c1ccccc1. The number of rotatable bonds is 7. The van der Waals surface area contributed by atoms with Crippen molar-refractivity contribution in [1.29, 1.82) is 0 Å². The molecule has 0 heterocycles. The van der Waals surface area contributed by atoms with Crippen molar-refractivity contribution in [2.75, 3.05) is 11.9 Å². The number of halogens is 1. The molecular formula is C18H21BrN2O2. The summed E-state index contributed by atoms with van der Waals surface area (Å²) in [4.78, 5) is 12.0. The molecule has 0 aliphatic heterocycles. The Kier molecular flexibility index (Phi) is 6.77. The van der Waals surface area contributed by atoms with Crippen LogP contribution >= 0.6 is 15.9 Å². The van der Waals surface area contributed by atoms with Gasteiger partial charge in [-0.05, 0) is 36.8 Å². The lowest BCUT2D eigenvalue weighted by Gasteiger charge is -2.17. The zero-order valence-corrected chi connectivity index (χ0v) is 14.6. The second-order valence-corrected chi connectivity index (χ2v) is 6.41. The van der Waals surface area contributed by atoms with Crippen LogP contribution in [0.1, 0.15) is 25.0 Å². The number of aliphatic hydroxyl groups is 1. The maximum atomic E-state index is 12.0. The van der Waals surface area contributed by atoms with Crippen molar-refractivity contribution in [1.82, 2.24) is 5.32 Å². The second kappa shape index (κ2) is 8.82. The van der Waals surface area contributed by atoms with E-state index >= 15 is 0 Å². The number of carbonyl (C=O) groups is 1. The maximum Gasteiger partial charge on any atom is 0.225 e. The average molecular weight is 377 g/mol. The Morgan fingerprint density at radius 3 is 2.43 bits per heavy atom. The molecule has 0 aliphatic carbocycles. The average Bonchev–Trinajstić information content (AvgIpc) is 2.55. The van der Waals surface area contributed by atoms with Crippen LogP contribution in [0.5, 0.6) is 0 Å². The van der Waals surface area contributed by atoms with E-state index in [0.717, 1.165) is 15.7 Å². The van der Waals surface area contributed by atoms with Gasteiger partial charge in [0.2, 0.25) is 5.91 Å². The molecule has 4 nitrogen and oxygen atoms in total. The predicted octanol–water partition coefficient (Wildman–Crippen LogP) is 3.49. The van der Waals surface area contributed by atoms with Crippen LogP contribution < -0.4 is 10.6 Å². The Labute approximate surface area is 145 Å². The minimum atomic E-state index is -0.576. The molecule has 2 rings (SSSR count). The Morgan fingerprint density at radius 1 is 1.13 bits per heavy atom. The standard InChI is InChI=1S/C18H21BrN2O2/c1-13(20-12-17(22)14-5-3-2-4-6-14)11-18(23)21-16-9-7-15(19)8-10-16/h2-10,13,17,20,22H,11-12H2,1H3,(H,21,23). The van der Waals surface area contributed by atoms with E-state index < -0.39 is 6.10 Å². The molecule has 2 aromatic carbocycles.